The zero-order valence-corrected chi connectivity index (χ0v) is 11.9. The quantitative estimate of drug-likeness (QED) is 0.868. The molecule has 0 saturated heterocycles. The molecule has 0 saturated carbocycles. The Kier molecular flexibility index (Phi) is 4.82. The molecular weight excluding hydrogens is 252 g/mol. The van der Waals surface area contributed by atoms with Crippen molar-refractivity contribution in [2.45, 2.75) is 33.2 Å². The van der Waals surface area contributed by atoms with E-state index >= 15 is 0 Å². The fraction of sp³-hybridized carbons (Fsp3) is 0.312. The van der Waals surface area contributed by atoms with Gasteiger partial charge in [-0.05, 0) is 37.1 Å². The first-order chi connectivity index (χ1) is 9.69. The number of urea groups is 1. The van der Waals surface area contributed by atoms with E-state index in [1.165, 1.54) is 0 Å². The second-order valence-corrected chi connectivity index (χ2v) is 4.73. The molecule has 2 rings (SSSR count). The van der Waals surface area contributed by atoms with Crippen LogP contribution in [0.4, 0.5) is 10.5 Å². The van der Waals surface area contributed by atoms with Gasteiger partial charge in [0.1, 0.15) is 11.5 Å². The zero-order valence-electron chi connectivity index (χ0n) is 11.9. The van der Waals surface area contributed by atoms with Crippen LogP contribution in [0.15, 0.2) is 40.8 Å². The van der Waals surface area contributed by atoms with Crippen LogP contribution in [0.25, 0.3) is 0 Å². The van der Waals surface area contributed by atoms with Crippen LogP contribution in [0.2, 0.25) is 0 Å². The van der Waals surface area contributed by atoms with Gasteiger partial charge >= 0.3 is 6.03 Å². The lowest BCUT2D eigenvalue weighted by Crippen LogP contribution is -2.28. The number of carbonyl (C=O) groups excluding carboxylic acids is 1. The third kappa shape index (κ3) is 3.88. The smallest absolute Gasteiger partial charge is 0.319 e. The summed E-state index contributed by atoms with van der Waals surface area (Å²) in [6.07, 6.45) is 2.00. The van der Waals surface area contributed by atoms with Gasteiger partial charge in [-0.2, -0.15) is 0 Å². The predicted octanol–water partition coefficient (Wildman–Crippen LogP) is 3.86. The molecule has 0 aliphatic carbocycles. The van der Waals surface area contributed by atoms with Gasteiger partial charge in [0.2, 0.25) is 0 Å². The highest BCUT2D eigenvalue weighted by Crippen LogP contribution is 2.16. The number of amides is 2. The molecule has 20 heavy (non-hydrogen) atoms. The van der Waals surface area contributed by atoms with Crippen LogP contribution in [-0.4, -0.2) is 6.03 Å². The molecule has 106 valence electrons. The average molecular weight is 272 g/mol. The summed E-state index contributed by atoms with van der Waals surface area (Å²) in [7, 11) is 0. The SMILES string of the molecule is CCCc1ccccc1NC(=O)NCc1ccc(C)o1. The number of hydrogen-bond donors (Lipinski definition) is 2. The summed E-state index contributed by atoms with van der Waals surface area (Å²) < 4.78 is 5.40. The predicted molar refractivity (Wildman–Crippen MR) is 79.7 cm³/mol. The van der Waals surface area contributed by atoms with Crippen molar-refractivity contribution >= 4 is 11.7 Å². The van der Waals surface area contributed by atoms with Gasteiger partial charge in [0.05, 0.1) is 6.54 Å². The van der Waals surface area contributed by atoms with Crippen molar-refractivity contribution in [3.63, 3.8) is 0 Å². The topological polar surface area (TPSA) is 54.3 Å². The minimum Gasteiger partial charge on any atom is -0.465 e. The maximum absolute atomic E-state index is 11.9. The number of para-hydroxylation sites is 1. The van der Waals surface area contributed by atoms with E-state index in [0.717, 1.165) is 35.6 Å². The van der Waals surface area contributed by atoms with E-state index in [0.29, 0.717) is 6.54 Å². The molecule has 0 bridgehead atoms. The minimum absolute atomic E-state index is 0.220. The van der Waals surface area contributed by atoms with Crippen LogP contribution in [-0.2, 0) is 13.0 Å². The monoisotopic (exact) mass is 272 g/mol. The van der Waals surface area contributed by atoms with Gasteiger partial charge in [-0.25, -0.2) is 4.79 Å². The van der Waals surface area contributed by atoms with E-state index in [1.54, 1.807) is 0 Å². The van der Waals surface area contributed by atoms with Crippen molar-refractivity contribution in [3.8, 4) is 0 Å². The van der Waals surface area contributed by atoms with E-state index < -0.39 is 0 Å². The van der Waals surface area contributed by atoms with Gasteiger partial charge in [0, 0.05) is 5.69 Å². The van der Waals surface area contributed by atoms with Crippen LogP contribution in [0.1, 0.15) is 30.4 Å². The second kappa shape index (κ2) is 6.80. The summed E-state index contributed by atoms with van der Waals surface area (Å²) in [6, 6.07) is 11.4. The third-order valence-corrected chi connectivity index (χ3v) is 3.00. The summed E-state index contributed by atoms with van der Waals surface area (Å²) in [4.78, 5) is 11.9. The molecule has 2 amide bonds. The van der Waals surface area contributed by atoms with Crippen molar-refractivity contribution in [3.05, 3.63) is 53.5 Å². The first kappa shape index (κ1) is 14.2. The maximum atomic E-state index is 11.9. The molecule has 0 unspecified atom stereocenters. The molecule has 0 radical (unpaired) electrons. The van der Waals surface area contributed by atoms with Crippen LogP contribution in [0.5, 0.6) is 0 Å². The van der Waals surface area contributed by atoms with E-state index in [1.807, 2.05) is 43.3 Å². The molecule has 4 nitrogen and oxygen atoms in total. The standard InChI is InChI=1S/C16H20N2O2/c1-3-6-13-7-4-5-8-15(13)18-16(19)17-11-14-10-9-12(2)20-14/h4-5,7-10H,3,6,11H2,1-2H3,(H2,17,18,19). The number of hydrogen-bond acceptors (Lipinski definition) is 2. The second-order valence-electron chi connectivity index (χ2n) is 4.73. The Balaban J connectivity index is 1.91. The fourth-order valence-corrected chi connectivity index (χ4v) is 2.04. The van der Waals surface area contributed by atoms with E-state index in [-0.39, 0.29) is 6.03 Å². The van der Waals surface area contributed by atoms with Gasteiger partial charge < -0.3 is 15.1 Å². The number of carbonyl (C=O) groups is 1. The highest BCUT2D eigenvalue weighted by atomic mass is 16.3. The van der Waals surface area contributed by atoms with Gasteiger partial charge in [0.15, 0.2) is 0 Å². The zero-order chi connectivity index (χ0) is 14.4. The van der Waals surface area contributed by atoms with E-state index in [4.69, 9.17) is 4.42 Å². The molecule has 0 fully saturated rings. The van der Waals surface area contributed by atoms with Crippen molar-refractivity contribution in [1.82, 2.24) is 5.32 Å². The molecule has 0 aliphatic heterocycles. The number of anilines is 1. The Hall–Kier alpha value is -2.23. The van der Waals surface area contributed by atoms with Crippen LogP contribution < -0.4 is 10.6 Å². The Morgan fingerprint density at radius 3 is 2.70 bits per heavy atom. The number of nitrogens with one attached hydrogen (secondary N) is 2. The van der Waals surface area contributed by atoms with Crippen LogP contribution in [0.3, 0.4) is 0 Å². The molecule has 2 N–H and O–H groups in total. The van der Waals surface area contributed by atoms with Crippen molar-refractivity contribution in [2.75, 3.05) is 5.32 Å². The Bertz CT molecular complexity index is 575. The number of furan rings is 1. The third-order valence-electron chi connectivity index (χ3n) is 3.00. The highest BCUT2D eigenvalue weighted by molar-refractivity contribution is 5.90. The maximum Gasteiger partial charge on any atom is 0.319 e. The summed E-state index contributed by atoms with van der Waals surface area (Å²) >= 11 is 0. The first-order valence-corrected chi connectivity index (χ1v) is 6.87. The molecule has 1 heterocycles. The molecule has 2 aromatic rings. The first-order valence-electron chi connectivity index (χ1n) is 6.87. The van der Waals surface area contributed by atoms with Crippen molar-refractivity contribution < 1.29 is 9.21 Å². The molecule has 1 aromatic heterocycles. The van der Waals surface area contributed by atoms with E-state index in [9.17, 15) is 4.79 Å². The lowest BCUT2D eigenvalue weighted by molar-refractivity contribution is 0.250. The molecule has 0 atom stereocenters. The van der Waals surface area contributed by atoms with Crippen molar-refractivity contribution in [1.29, 1.82) is 0 Å². The lowest BCUT2D eigenvalue weighted by Gasteiger charge is -2.10. The number of aryl methyl sites for hydroxylation is 2. The molecule has 0 aliphatic rings. The number of benzene rings is 1. The fourth-order valence-electron chi connectivity index (χ4n) is 2.04. The van der Waals surface area contributed by atoms with E-state index in [2.05, 4.69) is 17.6 Å². The molecule has 1 aromatic carbocycles. The van der Waals surface area contributed by atoms with Crippen LogP contribution >= 0.6 is 0 Å². The molecule has 4 heteroatoms. The largest absolute Gasteiger partial charge is 0.465 e. The van der Waals surface area contributed by atoms with Crippen LogP contribution in [0, 0.1) is 6.92 Å². The van der Waals surface area contributed by atoms with Crippen molar-refractivity contribution in [2.24, 2.45) is 0 Å². The van der Waals surface area contributed by atoms with Gasteiger partial charge in [-0.15, -0.1) is 0 Å². The minimum atomic E-state index is -0.220. The summed E-state index contributed by atoms with van der Waals surface area (Å²) in [5.41, 5.74) is 2.02. The highest BCUT2D eigenvalue weighted by Gasteiger charge is 2.06. The average Bonchev–Trinajstić information content (AvgIpc) is 2.85. The summed E-state index contributed by atoms with van der Waals surface area (Å²) in [6.45, 7) is 4.39. The summed E-state index contributed by atoms with van der Waals surface area (Å²) in [5.74, 6) is 1.59. The number of rotatable bonds is 5. The lowest BCUT2D eigenvalue weighted by atomic mass is 10.1. The van der Waals surface area contributed by atoms with Gasteiger partial charge in [0.25, 0.3) is 0 Å². The summed E-state index contributed by atoms with van der Waals surface area (Å²) in [5, 5.41) is 5.67. The Morgan fingerprint density at radius 2 is 2.00 bits per heavy atom. The molecule has 0 spiro atoms. The Labute approximate surface area is 119 Å². The van der Waals surface area contributed by atoms with Gasteiger partial charge in [-0.3, -0.25) is 0 Å². The normalized spacial score (nSPS) is 10.3. The van der Waals surface area contributed by atoms with Gasteiger partial charge in [-0.1, -0.05) is 31.5 Å². The molecular formula is C16H20N2O2. The Morgan fingerprint density at radius 1 is 1.20 bits per heavy atom.